The van der Waals surface area contributed by atoms with Crippen LogP contribution in [0.5, 0.6) is 0 Å². The first-order chi connectivity index (χ1) is 9.15. The molecule has 1 atom stereocenters. The minimum Gasteiger partial charge on any atom is -0.395 e. The van der Waals surface area contributed by atoms with Crippen molar-refractivity contribution in [3.05, 3.63) is 35.9 Å². The lowest BCUT2D eigenvalue weighted by Gasteiger charge is -2.32. The van der Waals surface area contributed by atoms with Crippen LogP contribution in [0.2, 0.25) is 0 Å². The number of aliphatic hydroxyl groups excluding tert-OH is 1. The fraction of sp³-hybridized carbons (Fsp3) is 0.533. The molecule has 4 heteroatoms. The number of hydrogen-bond donors (Lipinski definition) is 2. The monoisotopic (exact) mass is 264 g/mol. The van der Waals surface area contributed by atoms with Crippen LogP contribution in [0, 0.1) is 0 Å². The molecule has 0 saturated carbocycles. The van der Waals surface area contributed by atoms with Gasteiger partial charge in [-0.3, -0.25) is 4.79 Å². The molecule has 1 aromatic carbocycles. The average molecular weight is 264 g/mol. The van der Waals surface area contributed by atoms with Crippen molar-refractivity contribution >= 4 is 5.91 Å². The standard InChI is InChI=1S/C15H24N2O2/c1-3-13(4-2)17(10-11-18)15(19)14(16)12-8-6-5-7-9-12/h5-9,13-14,18H,3-4,10-11,16H2,1-2H3/t14-/m1/s1. The second-order valence-electron chi connectivity index (χ2n) is 4.61. The van der Waals surface area contributed by atoms with Crippen molar-refractivity contribution < 1.29 is 9.90 Å². The summed E-state index contributed by atoms with van der Waals surface area (Å²) in [7, 11) is 0. The first-order valence-corrected chi connectivity index (χ1v) is 6.87. The fourth-order valence-corrected chi connectivity index (χ4v) is 2.29. The summed E-state index contributed by atoms with van der Waals surface area (Å²) in [6.45, 7) is 4.38. The van der Waals surface area contributed by atoms with Crippen LogP contribution in [0.15, 0.2) is 30.3 Å². The normalized spacial score (nSPS) is 12.5. The highest BCUT2D eigenvalue weighted by atomic mass is 16.3. The van der Waals surface area contributed by atoms with Crippen molar-refractivity contribution in [3.8, 4) is 0 Å². The molecule has 0 heterocycles. The first-order valence-electron chi connectivity index (χ1n) is 6.87. The highest BCUT2D eigenvalue weighted by Crippen LogP contribution is 2.17. The van der Waals surface area contributed by atoms with E-state index in [0.717, 1.165) is 18.4 Å². The Morgan fingerprint density at radius 3 is 2.32 bits per heavy atom. The Kier molecular flexibility index (Phi) is 6.53. The van der Waals surface area contributed by atoms with Crippen molar-refractivity contribution in [1.29, 1.82) is 0 Å². The van der Waals surface area contributed by atoms with E-state index in [1.807, 2.05) is 44.2 Å². The Balaban J connectivity index is 2.87. The zero-order valence-electron chi connectivity index (χ0n) is 11.7. The van der Waals surface area contributed by atoms with Gasteiger partial charge in [-0.2, -0.15) is 0 Å². The van der Waals surface area contributed by atoms with E-state index in [-0.39, 0.29) is 18.6 Å². The van der Waals surface area contributed by atoms with Gasteiger partial charge in [0.1, 0.15) is 6.04 Å². The molecule has 3 N–H and O–H groups in total. The number of nitrogens with two attached hydrogens (primary N) is 1. The van der Waals surface area contributed by atoms with E-state index < -0.39 is 6.04 Å². The Labute approximate surface area is 115 Å². The molecule has 0 bridgehead atoms. The first kappa shape index (κ1) is 15.7. The molecule has 1 amide bonds. The molecule has 1 rings (SSSR count). The lowest BCUT2D eigenvalue weighted by Crippen LogP contribution is -2.46. The van der Waals surface area contributed by atoms with E-state index in [2.05, 4.69) is 0 Å². The molecule has 0 fully saturated rings. The maximum absolute atomic E-state index is 12.5. The highest BCUT2D eigenvalue weighted by molar-refractivity contribution is 5.83. The number of nitrogens with zero attached hydrogens (tertiary/aromatic N) is 1. The lowest BCUT2D eigenvalue weighted by molar-refractivity contribution is -0.135. The van der Waals surface area contributed by atoms with Crippen LogP contribution >= 0.6 is 0 Å². The van der Waals surface area contributed by atoms with Crippen molar-refractivity contribution in [2.75, 3.05) is 13.2 Å². The molecule has 0 aliphatic carbocycles. The van der Waals surface area contributed by atoms with Gasteiger partial charge in [0.15, 0.2) is 0 Å². The van der Waals surface area contributed by atoms with Gasteiger partial charge in [-0.05, 0) is 18.4 Å². The molecular formula is C15H24N2O2. The number of benzene rings is 1. The van der Waals surface area contributed by atoms with Gasteiger partial charge in [-0.15, -0.1) is 0 Å². The van der Waals surface area contributed by atoms with Gasteiger partial charge in [0.25, 0.3) is 0 Å². The van der Waals surface area contributed by atoms with Crippen LogP contribution in [0.4, 0.5) is 0 Å². The predicted octanol–water partition coefficient (Wildman–Crippen LogP) is 1.70. The van der Waals surface area contributed by atoms with Gasteiger partial charge in [-0.25, -0.2) is 0 Å². The van der Waals surface area contributed by atoms with Crippen molar-refractivity contribution in [1.82, 2.24) is 4.90 Å². The summed E-state index contributed by atoms with van der Waals surface area (Å²) >= 11 is 0. The van der Waals surface area contributed by atoms with Gasteiger partial charge in [0, 0.05) is 12.6 Å². The number of rotatable bonds is 7. The van der Waals surface area contributed by atoms with Gasteiger partial charge < -0.3 is 15.7 Å². The third-order valence-corrected chi connectivity index (χ3v) is 3.43. The molecule has 0 spiro atoms. The van der Waals surface area contributed by atoms with Gasteiger partial charge in [0.05, 0.1) is 6.61 Å². The molecular weight excluding hydrogens is 240 g/mol. The SMILES string of the molecule is CCC(CC)N(CCO)C(=O)[C@H](N)c1ccccc1. The molecule has 19 heavy (non-hydrogen) atoms. The number of carbonyl (C=O) groups excluding carboxylic acids is 1. The molecule has 1 aromatic rings. The van der Waals surface area contributed by atoms with E-state index >= 15 is 0 Å². The molecule has 0 radical (unpaired) electrons. The Morgan fingerprint density at radius 1 is 1.26 bits per heavy atom. The second-order valence-corrected chi connectivity index (χ2v) is 4.61. The number of aliphatic hydroxyl groups is 1. The minimum absolute atomic E-state index is 0.0379. The molecule has 0 aliphatic heterocycles. The Bertz CT molecular complexity index is 377. The predicted molar refractivity (Wildman–Crippen MR) is 76.5 cm³/mol. The van der Waals surface area contributed by atoms with E-state index in [1.165, 1.54) is 0 Å². The van der Waals surface area contributed by atoms with Crippen LogP contribution in [-0.4, -0.2) is 35.1 Å². The summed E-state index contributed by atoms with van der Waals surface area (Å²) in [5.74, 6) is -0.117. The topological polar surface area (TPSA) is 66.6 Å². The van der Waals surface area contributed by atoms with Crippen LogP contribution in [0.1, 0.15) is 38.3 Å². The second kappa shape index (κ2) is 7.92. The molecule has 0 aromatic heterocycles. The fourth-order valence-electron chi connectivity index (χ4n) is 2.29. The van der Waals surface area contributed by atoms with Crippen LogP contribution in [-0.2, 0) is 4.79 Å². The molecule has 0 aliphatic rings. The van der Waals surface area contributed by atoms with E-state index in [9.17, 15) is 4.79 Å². The van der Waals surface area contributed by atoms with Crippen LogP contribution < -0.4 is 5.73 Å². The largest absolute Gasteiger partial charge is 0.395 e. The molecule has 0 unspecified atom stereocenters. The Morgan fingerprint density at radius 2 is 1.84 bits per heavy atom. The van der Waals surface area contributed by atoms with E-state index in [1.54, 1.807) is 4.90 Å². The van der Waals surface area contributed by atoms with Crippen molar-refractivity contribution in [2.24, 2.45) is 5.73 Å². The zero-order valence-corrected chi connectivity index (χ0v) is 11.7. The minimum atomic E-state index is -0.659. The molecule has 4 nitrogen and oxygen atoms in total. The summed E-state index contributed by atoms with van der Waals surface area (Å²) in [6.07, 6.45) is 1.73. The average Bonchev–Trinajstić information content (AvgIpc) is 2.47. The Hall–Kier alpha value is -1.39. The quantitative estimate of drug-likeness (QED) is 0.787. The lowest BCUT2D eigenvalue weighted by atomic mass is 10.0. The number of carbonyl (C=O) groups is 1. The number of amides is 1. The van der Waals surface area contributed by atoms with Crippen molar-refractivity contribution in [3.63, 3.8) is 0 Å². The summed E-state index contributed by atoms with van der Waals surface area (Å²) in [4.78, 5) is 14.2. The van der Waals surface area contributed by atoms with Gasteiger partial charge in [0.2, 0.25) is 5.91 Å². The zero-order chi connectivity index (χ0) is 14.3. The summed E-state index contributed by atoms with van der Waals surface area (Å²) in [6, 6.07) is 8.82. The smallest absolute Gasteiger partial charge is 0.244 e. The van der Waals surface area contributed by atoms with Crippen LogP contribution in [0.25, 0.3) is 0 Å². The van der Waals surface area contributed by atoms with Crippen molar-refractivity contribution in [2.45, 2.75) is 38.8 Å². The summed E-state index contributed by atoms with van der Waals surface area (Å²) < 4.78 is 0. The third-order valence-electron chi connectivity index (χ3n) is 3.43. The maximum Gasteiger partial charge on any atom is 0.244 e. The van der Waals surface area contributed by atoms with Gasteiger partial charge in [-0.1, -0.05) is 44.2 Å². The van der Waals surface area contributed by atoms with Gasteiger partial charge >= 0.3 is 0 Å². The maximum atomic E-state index is 12.5. The summed E-state index contributed by atoms with van der Waals surface area (Å²) in [5.41, 5.74) is 6.85. The van der Waals surface area contributed by atoms with E-state index in [4.69, 9.17) is 10.8 Å². The number of hydrogen-bond acceptors (Lipinski definition) is 3. The molecule has 106 valence electrons. The summed E-state index contributed by atoms with van der Waals surface area (Å²) in [5, 5.41) is 9.14. The third kappa shape index (κ3) is 4.04. The molecule has 0 saturated heterocycles. The van der Waals surface area contributed by atoms with Crippen LogP contribution in [0.3, 0.4) is 0 Å². The highest BCUT2D eigenvalue weighted by Gasteiger charge is 2.26. The van der Waals surface area contributed by atoms with E-state index in [0.29, 0.717) is 6.54 Å².